The van der Waals surface area contributed by atoms with Crippen LogP contribution in [0, 0.1) is 0 Å². The van der Waals surface area contributed by atoms with E-state index in [0.29, 0.717) is 11.0 Å². The molecule has 0 heterocycles. The van der Waals surface area contributed by atoms with Gasteiger partial charge in [-0.05, 0) is 0 Å². The van der Waals surface area contributed by atoms with E-state index in [1.807, 2.05) is 21.1 Å². The van der Waals surface area contributed by atoms with Crippen LogP contribution in [-0.4, -0.2) is 55.5 Å². The molecule has 6 heteroatoms. The van der Waals surface area contributed by atoms with Crippen molar-refractivity contribution in [2.75, 3.05) is 27.7 Å². The van der Waals surface area contributed by atoms with Crippen LogP contribution >= 0.6 is 12.6 Å². The number of hydrogen-bond acceptors (Lipinski definition) is 5. The topological polar surface area (TPSA) is 66.4 Å². The Morgan fingerprint density at radius 1 is 1.29 bits per heavy atom. The zero-order valence-corrected chi connectivity index (χ0v) is 11.7. The third-order valence-electron chi connectivity index (χ3n) is 1.91. The molecule has 0 fully saturated rings. The summed E-state index contributed by atoms with van der Waals surface area (Å²) in [6, 6.07) is 0. The highest BCUT2D eigenvalue weighted by Gasteiger charge is 2.22. The molecule has 0 rings (SSSR count). The average Bonchev–Trinajstić information content (AvgIpc) is 1.95. The van der Waals surface area contributed by atoms with Gasteiger partial charge in [0.2, 0.25) is 0 Å². The molecule has 2 atom stereocenters. The number of carbonyl (C=O) groups excluding carboxylic acids is 2. The molecule has 0 N–H and O–H groups in total. The third kappa shape index (κ3) is 10.1. The summed E-state index contributed by atoms with van der Waals surface area (Å²) in [7, 11) is 5.70. The Balaban J connectivity index is 4.38. The largest absolute Gasteiger partial charge is 0.550 e. The molecule has 0 saturated heterocycles. The maximum absolute atomic E-state index is 11.4. The number of carbonyl (C=O) groups is 2. The van der Waals surface area contributed by atoms with Gasteiger partial charge in [-0.3, -0.25) is 4.79 Å². The van der Waals surface area contributed by atoms with E-state index < -0.39 is 18.0 Å². The molecule has 5 nitrogen and oxygen atoms in total. The van der Waals surface area contributed by atoms with Gasteiger partial charge in [0, 0.05) is 17.6 Å². The van der Waals surface area contributed by atoms with Crippen LogP contribution in [0.15, 0.2) is 0 Å². The second-order valence-electron chi connectivity index (χ2n) is 5.21. The molecule has 0 aliphatic heterocycles. The first-order chi connectivity index (χ1) is 7.60. The van der Waals surface area contributed by atoms with Crippen molar-refractivity contribution in [2.24, 2.45) is 0 Å². The fraction of sp³-hybridized carbons (Fsp3) is 0.818. The minimum atomic E-state index is -1.21. The Labute approximate surface area is 108 Å². The summed E-state index contributed by atoms with van der Waals surface area (Å²) in [5, 5.41) is 10.5. The average molecular weight is 263 g/mol. The van der Waals surface area contributed by atoms with Crippen molar-refractivity contribution in [1.29, 1.82) is 0 Å². The van der Waals surface area contributed by atoms with E-state index in [1.54, 1.807) is 6.92 Å². The number of carboxylic acid groups (broad SMARTS) is 1. The second kappa shape index (κ2) is 6.86. The summed E-state index contributed by atoms with van der Waals surface area (Å²) in [4.78, 5) is 22.0. The number of aliphatic carboxylic acids is 1. The zero-order chi connectivity index (χ0) is 13.6. The van der Waals surface area contributed by atoms with Crippen LogP contribution in [0.1, 0.15) is 19.8 Å². The van der Waals surface area contributed by atoms with Gasteiger partial charge in [0.1, 0.15) is 6.54 Å². The predicted molar refractivity (Wildman–Crippen MR) is 65.5 cm³/mol. The van der Waals surface area contributed by atoms with E-state index in [1.165, 1.54) is 0 Å². The van der Waals surface area contributed by atoms with Gasteiger partial charge in [-0.15, -0.1) is 0 Å². The van der Waals surface area contributed by atoms with Crippen molar-refractivity contribution in [3.05, 3.63) is 0 Å². The van der Waals surface area contributed by atoms with E-state index in [0.717, 1.165) is 0 Å². The number of carboxylic acids is 1. The SMILES string of the molecule is CC(S)CC(=O)OC(CC(=O)[O-])C[N+](C)(C)C. The quantitative estimate of drug-likeness (QED) is 0.380. The highest BCUT2D eigenvalue weighted by molar-refractivity contribution is 7.80. The van der Waals surface area contributed by atoms with E-state index in [4.69, 9.17) is 4.74 Å². The van der Waals surface area contributed by atoms with Crippen molar-refractivity contribution >= 4 is 24.6 Å². The van der Waals surface area contributed by atoms with Gasteiger partial charge in [-0.1, -0.05) is 6.92 Å². The Hall–Kier alpha value is -0.750. The van der Waals surface area contributed by atoms with E-state index >= 15 is 0 Å². The Bertz CT molecular complexity index is 273. The maximum Gasteiger partial charge on any atom is 0.307 e. The van der Waals surface area contributed by atoms with E-state index in [-0.39, 0.29) is 18.1 Å². The minimum Gasteiger partial charge on any atom is -0.550 e. The van der Waals surface area contributed by atoms with Gasteiger partial charge in [-0.25, -0.2) is 0 Å². The van der Waals surface area contributed by atoms with E-state index in [2.05, 4.69) is 12.6 Å². The summed E-state index contributed by atoms with van der Waals surface area (Å²) >= 11 is 4.08. The van der Waals surface area contributed by atoms with Crippen molar-refractivity contribution in [3.8, 4) is 0 Å². The highest BCUT2D eigenvalue weighted by Crippen LogP contribution is 2.08. The minimum absolute atomic E-state index is 0.102. The number of quaternary nitrogens is 1. The number of thiol groups is 1. The fourth-order valence-electron chi connectivity index (χ4n) is 1.42. The van der Waals surface area contributed by atoms with Crippen LogP contribution in [0.5, 0.6) is 0 Å². The molecule has 0 radical (unpaired) electrons. The monoisotopic (exact) mass is 263 g/mol. The molecular formula is C11H21NO4S. The number of likely N-dealkylation sites (N-methyl/N-ethyl adjacent to an activating group) is 1. The van der Waals surface area contributed by atoms with Gasteiger partial charge >= 0.3 is 5.97 Å². The maximum atomic E-state index is 11.4. The molecule has 0 spiro atoms. The Kier molecular flexibility index (Phi) is 6.56. The van der Waals surface area contributed by atoms with Crippen LogP contribution in [0.3, 0.4) is 0 Å². The molecule has 0 aromatic heterocycles. The second-order valence-corrected chi connectivity index (χ2v) is 6.10. The molecule has 0 bridgehead atoms. The fourth-order valence-corrected chi connectivity index (χ4v) is 1.56. The summed E-state index contributed by atoms with van der Waals surface area (Å²) in [6.45, 7) is 2.21. The van der Waals surface area contributed by atoms with Crippen molar-refractivity contribution in [2.45, 2.75) is 31.1 Å². The molecular weight excluding hydrogens is 242 g/mol. The number of rotatable bonds is 7. The lowest BCUT2D eigenvalue weighted by molar-refractivity contribution is -0.873. The number of esters is 1. The predicted octanol–water partition coefficient (Wildman–Crippen LogP) is -0.547. The summed E-state index contributed by atoms with van der Waals surface area (Å²) in [5.74, 6) is -1.64. The van der Waals surface area contributed by atoms with Crippen molar-refractivity contribution in [3.63, 3.8) is 0 Å². The van der Waals surface area contributed by atoms with Gasteiger partial charge in [0.15, 0.2) is 6.10 Å². The summed E-state index contributed by atoms with van der Waals surface area (Å²) in [5.41, 5.74) is 0. The number of nitrogens with zero attached hydrogens (tertiary/aromatic N) is 1. The normalized spacial score (nSPS) is 15.1. The summed E-state index contributed by atoms with van der Waals surface area (Å²) in [6.07, 6.45) is -0.758. The number of hydrogen-bond donors (Lipinski definition) is 1. The smallest absolute Gasteiger partial charge is 0.307 e. The molecule has 0 saturated carbocycles. The molecule has 0 aliphatic carbocycles. The molecule has 0 aromatic carbocycles. The molecule has 0 amide bonds. The first kappa shape index (κ1) is 16.2. The number of ether oxygens (including phenoxy) is 1. The highest BCUT2D eigenvalue weighted by atomic mass is 32.1. The lowest BCUT2D eigenvalue weighted by Gasteiger charge is -2.29. The molecule has 17 heavy (non-hydrogen) atoms. The van der Waals surface area contributed by atoms with Gasteiger partial charge in [0.25, 0.3) is 0 Å². The van der Waals surface area contributed by atoms with Gasteiger partial charge in [-0.2, -0.15) is 12.6 Å². The van der Waals surface area contributed by atoms with Crippen molar-refractivity contribution in [1.82, 2.24) is 0 Å². The lowest BCUT2D eigenvalue weighted by atomic mass is 10.2. The van der Waals surface area contributed by atoms with Crippen LogP contribution in [0.25, 0.3) is 0 Å². The third-order valence-corrected chi connectivity index (χ3v) is 2.09. The lowest BCUT2D eigenvalue weighted by Crippen LogP contribution is -2.45. The van der Waals surface area contributed by atoms with Gasteiger partial charge < -0.3 is 19.1 Å². The first-order valence-corrected chi connectivity index (χ1v) is 5.99. The van der Waals surface area contributed by atoms with Crippen LogP contribution in [0.2, 0.25) is 0 Å². The van der Waals surface area contributed by atoms with Gasteiger partial charge in [0.05, 0.1) is 27.6 Å². The molecule has 100 valence electrons. The van der Waals surface area contributed by atoms with E-state index in [9.17, 15) is 14.7 Å². The van der Waals surface area contributed by atoms with Crippen LogP contribution < -0.4 is 5.11 Å². The standard InChI is InChI=1S/C11H21NO4S/c1-8(17)5-11(15)16-9(6-10(13)14)7-12(2,3)4/h8-9H,5-7H2,1-4H3,(H-,13,14,17). The Morgan fingerprint density at radius 3 is 2.18 bits per heavy atom. The van der Waals surface area contributed by atoms with Crippen LogP contribution in [0.4, 0.5) is 0 Å². The van der Waals surface area contributed by atoms with Crippen molar-refractivity contribution < 1.29 is 23.9 Å². The van der Waals surface area contributed by atoms with Crippen LogP contribution in [-0.2, 0) is 14.3 Å². The zero-order valence-electron chi connectivity index (χ0n) is 10.8. The Morgan fingerprint density at radius 2 is 1.82 bits per heavy atom. The first-order valence-electron chi connectivity index (χ1n) is 5.48. The molecule has 0 aromatic rings. The summed E-state index contributed by atoms with van der Waals surface area (Å²) < 4.78 is 5.64. The molecule has 0 aliphatic rings. The molecule has 2 unspecified atom stereocenters.